The van der Waals surface area contributed by atoms with Crippen LogP contribution in [0.3, 0.4) is 0 Å². The van der Waals surface area contributed by atoms with E-state index in [9.17, 15) is 9.59 Å². The van der Waals surface area contributed by atoms with Gasteiger partial charge in [-0.25, -0.2) is 4.79 Å². The average Bonchev–Trinajstić information content (AvgIpc) is 2.08. The second-order valence-electron chi connectivity index (χ2n) is 2.52. The fraction of sp³-hybridized carbons (Fsp3) is 0. The Labute approximate surface area is 79.0 Å². The molecule has 0 saturated heterocycles. The highest BCUT2D eigenvalue weighted by molar-refractivity contribution is 6.04. The van der Waals surface area contributed by atoms with Gasteiger partial charge in [0, 0.05) is 5.56 Å². The summed E-state index contributed by atoms with van der Waals surface area (Å²) in [6.07, 6.45) is 0. The number of imide groups is 1. The van der Waals surface area contributed by atoms with Crippen molar-refractivity contribution in [2.24, 2.45) is 5.73 Å². The fourth-order valence-corrected chi connectivity index (χ4v) is 0.849. The number of hydrogen-bond donors (Lipinski definition) is 4. The Balaban J connectivity index is 2.91. The number of rotatable bonds is 1. The van der Waals surface area contributed by atoms with E-state index in [1.807, 2.05) is 5.32 Å². The van der Waals surface area contributed by atoms with E-state index < -0.39 is 17.7 Å². The summed E-state index contributed by atoms with van der Waals surface area (Å²) in [5, 5.41) is 19.8. The smallest absolute Gasteiger partial charge is 0.319 e. The zero-order chi connectivity index (χ0) is 10.7. The molecule has 74 valence electrons. The van der Waals surface area contributed by atoms with Gasteiger partial charge < -0.3 is 15.9 Å². The highest BCUT2D eigenvalue weighted by Gasteiger charge is 2.09. The molecule has 0 bridgehead atoms. The molecule has 0 atom stereocenters. The summed E-state index contributed by atoms with van der Waals surface area (Å²) in [5.41, 5.74) is 4.74. The van der Waals surface area contributed by atoms with Crippen LogP contribution in [0.2, 0.25) is 0 Å². The molecule has 0 unspecified atom stereocenters. The van der Waals surface area contributed by atoms with Gasteiger partial charge in [-0.2, -0.15) is 0 Å². The lowest BCUT2D eigenvalue weighted by Gasteiger charge is -2.02. The lowest BCUT2D eigenvalue weighted by Crippen LogP contribution is -2.34. The number of benzene rings is 1. The van der Waals surface area contributed by atoms with Crippen LogP contribution in [0.25, 0.3) is 0 Å². The number of phenolic OH excluding ortho intramolecular Hbond substituents is 2. The predicted molar refractivity (Wildman–Crippen MR) is 46.8 cm³/mol. The number of carbonyl (C=O) groups excluding carboxylic acids is 2. The molecule has 0 aliphatic rings. The van der Waals surface area contributed by atoms with Crippen LogP contribution in [0.5, 0.6) is 11.5 Å². The average molecular weight is 196 g/mol. The number of carbonyl (C=O) groups is 2. The maximum absolute atomic E-state index is 11.1. The molecule has 1 rings (SSSR count). The maximum Gasteiger partial charge on any atom is 0.319 e. The second kappa shape index (κ2) is 3.65. The van der Waals surface area contributed by atoms with Crippen molar-refractivity contribution in [1.82, 2.24) is 5.32 Å². The SMILES string of the molecule is NC(=O)NC(=O)c1ccc(O)c(O)c1. The standard InChI is InChI=1S/C8H8N2O4/c9-8(14)10-7(13)4-1-2-5(11)6(12)3-4/h1-3,11-12H,(H3,9,10,13,14). The van der Waals surface area contributed by atoms with Crippen LogP contribution in [0.1, 0.15) is 10.4 Å². The van der Waals surface area contributed by atoms with Crippen molar-refractivity contribution in [1.29, 1.82) is 0 Å². The molecule has 6 nitrogen and oxygen atoms in total. The molecular formula is C8H8N2O4. The Bertz CT molecular complexity index is 389. The Morgan fingerprint density at radius 2 is 1.86 bits per heavy atom. The quantitative estimate of drug-likeness (QED) is 0.470. The van der Waals surface area contributed by atoms with Gasteiger partial charge in [-0.1, -0.05) is 0 Å². The zero-order valence-electron chi connectivity index (χ0n) is 7.02. The maximum atomic E-state index is 11.1. The molecule has 6 heteroatoms. The van der Waals surface area contributed by atoms with E-state index >= 15 is 0 Å². The normalized spacial score (nSPS) is 9.43. The van der Waals surface area contributed by atoms with E-state index in [-0.39, 0.29) is 11.3 Å². The number of phenols is 2. The topological polar surface area (TPSA) is 113 Å². The van der Waals surface area contributed by atoms with Crippen molar-refractivity contribution >= 4 is 11.9 Å². The summed E-state index contributed by atoms with van der Waals surface area (Å²) in [6, 6.07) is 2.41. The zero-order valence-corrected chi connectivity index (χ0v) is 7.02. The summed E-state index contributed by atoms with van der Waals surface area (Å²) in [5.74, 6) is -1.53. The molecule has 0 heterocycles. The number of nitrogens with one attached hydrogen (secondary N) is 1. The van der Waals surface area contributed by atoms with Gasteiger partial charge in [0.1, 0.15) is 0 Å². The molecule has 0 radical (unpaired) electrons. The minimum absolute atomic E-state index is 0.0269. The number of nitrogens with two attached hydrogens (primary N) is 1. The van der Waals surface area contributed by atoms with Gasteiger partial charge in [0.2, 0.25) is 0 Å². The van der Waals surface area contributed by atoms with Crippen molar-refractivity contribution in [3.05, 3.63) is 23.8 Å². The molecule has 0 spiro atoms. The van der Waals surface area contributed by atoms with Gasteiger partial charge in [0.05, 0.1) is 0 Å². The first-order valence-electron chi connectivity index (χ1n) is 3.63. The fourth-order valence-electron chi connectivity index (χ4n) is 0.849. The third-order valence-electron chi connectivity index (χ3n) is 1.47. The largest absolute Gasteiger partial charge is 0.504 e. The third kappa shape index (κ3) is 2.13. The molecule has 1 aromatic carbocycles. The van der Waals surface area contributed by atoms with Crippen molar-refractivity contribution in [3.63, 3.8) is 0 Å². The highest BCUT2D eigenvalue weighted by Crippen LogP contribution is 2.24. The molecule has 1 aromatic rings. The molecule has 14 heavy (non-hydrogen) atoms. The highest BCUT2D eigenvalue weighted by atomic mass is 16.3. The second-order valence-corrected chi connectivity index (χ2v) is 2.52. The van der Waals surface area contributed by atoms with Crippen LogP contribution in [-0.2, 0) is 0 Å². The molecule has 0 fully saturated rings. The summed E-state index contributed by atoms with van der Waals surface area (Å²) in [6.45, 7) is 0. The van der Waals surface area contributed by atoms with Gasteiger partial charge in [-0.05, 0) is 18.2 Å². The van der Waals surface area contributed by atoms with Gasteiger partial charge in [-0.3, -0.25) is 10.1 Å². The van der Waals surface area contributed by atoms with Gasteiger partial charge >= 0.3 is 6.03 Å². The first-order chi connectivity index (χ1) is 6.50. The molecule has 3 amide bonds. The van der Waals surface area contributed by atoms with Gasteiger partial charge in [-0.15, -0.1) is 0 Å². The number of amides is 3. The van der Waals surface area contributed by atoms with Crippen molar-refractivity contribution < 1.29 is 19.8 Å². The predicted octanol–water partition coefficient (Wildman–Crippen LogP) is -0.0937. The van der Waals surface area contributed by atoms with Crippen LogP contribution in [0, 0.1) is 0 Å². The first-order valence-corrected chi connectivity index (χ1v) is 3.63. The minimum Gasteiger partial charge on any atom is -0.504 e. The summed E-state index contributed by atoms with van der Waals surface area (Å²) in [7, 11) is 0. The number of primary amides is 1. The summed E-state index contributed by atoms with van der Waals surface area (Å²) < 4.78 is 0. The van der Waals surface area contributed by atoms with Crippen LogP contribution in [0.4, 0.5) is 4.79 Å². The summed E-state index contributed by atoms with van der Waals surface area (Å²) in [4.78, 5) is 21.4. The minimum atomic E-state index is -0.984. The molecule has 5 N–H and O–H groups in total. The van der Waals surface area contributed by atoms with E-state index in [1.54, 1.807) is 0 Å². The van der Waals surface area contributed by atoms with E-state index in [0.717, 1.165) is 12.1 Å². The lowest BCUT2D eigenvalue weighted by atomic mass is 10.2. The number of hydrogen-bond acceptors (Lipinski definition) is 4. The number of urea groups is 1. The van der Waals surface area contributed by atoms with Crippen LogP contribution >= 0.6 is 0 Å². The Morgan fingerprint density at radius 3 is 2.36 bits per heavy atom. The molecule has 0 aliphatic carbocycles. The van der Waals surface area contributed by atoms with Crippen LogP contribution < -0.4 is 11.1 Å². The van der Waals surface area contributed by atoms with Crippen molar-refractivity contribution in [2.45, 2.75) is 0 Å². The molecule has 0 saturated carbocycles. The third-order valence-corrected chi connectivity index (χ3v) is 1.47. The van der Waals surface area contributed by atoms with Crippen LogP contribution in [-0.4, -0.2) is 22.2 Å². The number of aromatic hydroxyl groups is 2. The van der Waals surface area contributed by atoms with E-state index in [0.29, 0.717) is 0 Å². The van der Waals surface area contributed by atoms with Crippen molar-refractivity contribution in [3.8, 4) is 11.5 Å². The lowest BCUT2D eigenvalue weighted by molar-refractivity contribution is 0.0966. The van der Waals surface area contributed by atoms with E-state index in [4.69, 9.17) is 15.9 Å². The Morgan fingerprint density at radius 1 is 1.21 bits per heavy atom. The van der Waals surface area contributed by atoms with Crippen LogP contribution in [0.15, 0.2) is 18.2 Å². The molecular weight excluding hydrogens is 188 g/mol. The molecule has 0 aromatic heterocycles. The van der Waals surface area contributed by atoms with Gasteiger partial charge in [0.15, 0.2) is 11.5 Å². The Hall–Kier alpha value is -2.24. The van der Waals surface area contributed by atoms with E-state index in [1.165, 1.54) is 6.07 Å². The van der Waals surface area contributed by atoms with E-state index in [2.05, 4.69) is 0 Å². The monoisotopic (exact) mass is 196 g/mol. The Kier molecular flexibility index (Phi) is 2.57. The summed E-state index contributed by atoms with van der Waals surface area (Å²) >= 11 is 0. The molecule has 0 aliphatic heterocycles. The van der Waals surface area contributed by atoms with Crippen molar-refractivity contribution in [2.75, 3.05) is 0 Å². The first kappa shape index (κ1) is 9.85. The van der Waals surface area contributed by atoms with Gasteiger partial charge in [0.25, 0.3) is 5.91 Å².